The highest BCUT2D eigenvalue weighted by atomic mass is 35.5. The van der Waals surface area contributed by atoms with Crippen LogP contribution in [-0.2, 0) is 4.79 Å². The molecule has 16 heavy (non-hydrogen) atoms. The van der Waals surface area contributed by atoms with Gasteiger partial charge in [0.2, 0.25) is 0 Å². The molecule has 1 amide bonds. The summed E-state index contributed by atoms with van der Waals surface area (Å²) < 4.78 is 5.44. The third kappa shape index (κ3) is 1.99. The number of halogens is 1. The maximum absolute atomic E-state index is 11.4. The van der Waals surface area contributed by atoms with E-state index in [0.717, 1.165) is 5.56 Å². The van der Waals surface area contributed by atoms with E-state index in [9.17, 15) is 4.79 Å². The van der Waals surface area contributed by atoms with Gasteiger partial charge in [-0.15, -0.1) is 11.6 Å². The number of hydrogen-bond donors (Lipinski definition) is 2. The van der Waals surface area contributed by atoms with Crippen LogP contribution >= 0.6 is 11.6 Å². The van der Waals surface area contributed by atoms with Crippen molar-refractivity contribution in [1.29, 1.82) is 0 Å². The number of nitrogens with one attached hydrogen (secondary N) is 2. The monoisotopic (exact) mass is 240 g/mol. The number of hydrogen-bond acceptors (Lipinski definition) is 3. The predicted octanol–water partition coefficient (Wildman–Crippen LogP) is 1.86. The normalized spacial score (nSPS) is 20.7. The number of carbonyl (C=O) groups is 1. The minimum absolute atomic E-state index is 0.139. The molecule has 0 aromatic heterocycles. The van der Waals surface area contributed by atoms with E-state index in [1.807, 2.05) is 18.2 Å². The van der Waals surface area contributed by atoms with Gasteiger partial charge in [-0.3, -0.25) is 4.79 Å². The topological polar surface area (TPSA) is 50.4 Å². The molecule has 1 aliphatic rings. The van der Waals surface area contributed by atoms with Crippen LogP contribution in [0.1, 0.15) is 18.0 Å². The Bertz CT molecular complexity index is 422. The second-order valence-corrected chi connectivity index (χ2v) is 4.09. The molecule has 5 heteroatoms. The molecule has 1 aromatic rings. The minimum atomic E-state index is -0.450. The molecule has 0 fully saturated rings. The van der Waals surface area contributed by atoms with E-state index in [0.29, 0.717) is 11.4 Å². The van der Waals surface area contributed by atoms with E-state index in [2.05, 4.69) is 10.6 Å². The molecular formula is C11H13ClN2O2. The largest absolute Gasteiger partial charge is 0.479 e. The molecule has 2 N–H and O–H groups in total. The molecule has 4 nitrogen and oxygen atoms in total. The number of ether oxygens (including phenoxy) is 1. The van der Waals surface area contributed by atoms with E-state index in [-0.39, 0.29) is 11.4 Å². The summed E-state index contributed by atoms with van der Waals surface area (Å²) in [6.07, 6.45) is -0.450. The van der Waals surface area contributed by atoms with E-state index in [4.69, 9.17) is 16.3 Å². The van der Waals surface area contributed by atoms with Crippen molar-refractivity contribution in [3.05, 3.63) is 23.8 Å². The lowest BCUT2D eigenvalue weighted by Gasteiger charge is -2.24. The number of amides is 1. The Morgan fingerprint density at radius 1 is 1.56 bits per heavy atom. The Morgan fingerprint density at radius 2 is 2.31 bits per heavy atom. The second kappa shape index (κ2) is 4.31. The number of benzene rings is 1. The fraction of sp³-hybridized carbons (Fsp3) is 0.364. The zero-order valence-corrected chi connectivity index (χ0v) is 9.84. The van der Waals surface area contributed by atoms with Crippen molar-refractivity contribution in [3.63, 3.8) is 0 Å². The molecule has 0 spiro atoms. The molecule has 86 valence electrons. The molecule has 0 bridgehead atoms. The van der Waals surface area contributed by atoms with Gasteiger partial charge in [0.1, 0.15) is 11.3 Å². The van der Waals surface area contributed by atoms with Crippen LogP contribution in [0.3, 0.4) is 0 Å². The summed E-state index contributed by atoms with van der Waals surface area (Å²) in [7, 11) is 1.77. The first-order chi connectivity index (χ1) is 7.61. The second-order valence-electron chi connectivity index (χ2n) is 3.66. The summed E-state index contributed by atoms with van der Waals surface area (Å²) in [6, 6.07) is 5.50. The Labute approximate surface area is 98.9 Å². The standard InChI is InChI=1S/C11H13ClN2O2/c1-6-11(15)14-8-5-7(10(12)13-2)3-4-9(8)16-6/h3-6,10,13H,1-2H3,(H,14,15). The molecule has 1 heterocycles. The molecule has 1 aromatic carbocycles. The van der Waals surface area contributed by atoms with Gasteiger partial charge in [-0.1, -0.05) is 6.07 Å². The number of carbonyl (C=O) groups excluding carboxylic acids is 1. The van der Waals surface area contributed by atoms with E-state index in [1.165, 1.54) is 0 Å². The summed E-state index contributed by atoms with van der Waals surface area (Å²) >= 11 is 6.03. The fourth-order valence-electron chi connectivity index (χ4n) is 1.55. The first-order valence-electron chi connectivity index (χ1n) is 5.04. The van der Waals surface area contributed by atoms with Crippen molar-refractivity contribution < 1.29 is 9.53 Å². The lowest BCUT2D eigenvalue weighted by atomic mass is 10.1. The molecule has 2 rings (SSSR count). The van der Waals surface area contributed by atoms with Gasteiger partial charge >= 0.3 is 0 Å². The third-order valence-electron chi connectivity index (χ3n) is 2.48. The van der Waals surface area contributed by atoms with Gasteiger partial charge in [0.15, 0.2) is 6.10 Å². The Morgan fingerprint density at radius 3 is 3.00 bits per heavy atom. The third-order valence-corrected chi connectivity index (χ3v) is 2.95. The zero-order valence-electron chi connectivity index (χ0n) is 9.08. The van der Waals surface area contributed by atoms with E-state index in [1.54, 1.807) is 14.0 Å². The SMILES string of the molecule is CNC(Cl)c1ccc2c(c1)NC(=O)C(C)O2. The van der Waals surface area contributed by atoms with Crippen LogP contribution < -0.4 is 15.4 Å². The van der Waals surface area contributed by atoms with Gasteiger partial charge in [0.25, 0.3) is 5.91 Å². The van der Waals surface area contributed by atoms with Crippen LogP contribution in [0.25, 0.3) is 0 Å². The number of alkyl halides is 1. The smallest absolute Gasteiger partial charge is 0.265 e. The van der Waals surface area contributed by atoms with Crippen LogP contribution in [0.2, 0.25) is 0 Å². The van der Waals surface area contributed by atoms with Crippen LogP contribution in [0.4, 0.5) is 5.69 Å². The Hall–Kier alpha value is -1.26. The summed E-state index contributed by atoms with van der Waals surface area (Å²) in [5, 5.41) is 5.70. The number of anilines is 1. The molecule has 0 saturated carbocycles. The quantitative estimate of drug-likeness (QED) is 0.613. The molecular weight excluding hydrogens is 228 g/mol. The average Bonchev–Trinajstić information content (AvgIpc) is 2.29. The molecule has 0 saturated heterocycles. The Balaban J connectivity index is 2.32. The van der Waals surface area contributed by atoms with Crippen molar-refractivity contribution >= 4 is 23.2 Å². The van der Waals surface area contributed by atoms with Gasteiger partial charge < -0.3 is 15.4 Å². The van der Waals surface area contributed by atoms with Crippen molar-refractivity contribution in [2.24, 2.45) is 0 Å². The highest BCUT2D eigenvalue weighted by Gasteiger charge is 2.23. The maximum Gasteiger partial charge on any atom is 0.265 e. The van der Waals surface area contributed by atoms with Crippen LogP contribution in [0.5, 0.6) is 5.75 Å². The molecule has 2 unspecified atom stereocenters. The highest BCUT2D eigenvalue weighted by molar-refractivity contribution is 6.20. The highest BCUT2D eigenvalue weighted by Crippen LogP contribution is 2.32. The molecule has 1 aliphatic heterocycles. The molecule has 2 atom stereocenters. The maximum atomic E-state index is 11.4. The van der Waals surface area contributed by atoms with E-state index >= 15 is 0 Å². The van der Waals surface area contributed by atoms with Crippen LogP contribution in [0.15, 0.2) is 18.2 Å². The van der Waals surface area contributed by atoms with Crippen molar-refractivity contribution in [1.82, 2.24) is 5.32 Å². The summed E-state index contributed by atoms with van der Waals surface area (Å²) in [6.45, 7) is 1.71. The predicted molar refractivity (Wildman–Crippen MR) is 62.8 cm³/mol. The zero-order chi connectivity index (χ0) is 11.7. The lowest BCUT2D eigenvalue weighted by Crippen LogP contribution is -2.34. The average molecular weight is 241 g/mol. The number of fused-ring (bicyclic) bond motifs is 1. The molecule has 0 radical (unpaired) electrons. The fourth-order valence-corrected chi connectivity index (χ4v) is 1.69. The first kappa shape index (κ1) is 11.2. The van der Waals surface area contributed by atoms with Crippen molar-refractivity contribution in [2.45, 2.75) is 18.5 Å². The lowest BCUT2D eigenvalue weighted by molar-refractivity contribution is -0.122. The summed E-state index contributed by atoms with van der Waals surface area (Å²) in [5.41, 5.74) is 1.28. The first-order valence-corrected chi connectivity index (χ1v) is 5.48. The van der Waals surface area contributed by atoms with Gasteiger partial charge in [-0.25, -0.2) is 0 Å². The van der Waals surface area contributed by atoms with Crippen molar-refractivity contribution in [2.75, 3.05) is 12.4 Å². The van der Waals surface area contributed by atoms with Crippen molar-refractivity contribution in [3.8, 4) is 5.75 Å². The van der Waals surface area contributed by atoms with Gasteiger partial charge in [0, 0.05) is 0 Å². The number of rotatable bonds is 2. The summed E-state index contributed by atoms with van der Waals surface area (Å²) in [4.78, 5) is 11.4. The van der Waals surface area contributed by atoms with Gasteiger partial charge in [-0.05, 0) is 31.7 Å². The molecule has 0 aliphatic carbocycles. The summed E-state index contributed by atoms with van der Waals surface area (Å²) in [5.74, 6) is 0.538. The Kier molecular flexibility index (Phi) is 3.03. The van der Waals surface area contributed by atoms with Gasteiger partial charge in [-0.2, -0.15) is 0 Å². The van der Waals surface area contributed by atoms with Gasteiger partial charge in [0.05, 0.1) is 5.69 Å². The van der Waals surface area contributed by atoms with Crippen LogP contribution in [0, 0.1) is 0 Å². The van der Waals surface area contributed by atoms with Crippen LogP contribution in [-0.4, -0.2) is 19.1 Å². The minimum Gasteiger partial charge on any atom is -0.479 e. The van der Waals surface area contributed by atoms with E-state index < -0.39 is 6.10 Å².